The van der Waals surface area contributed by atoms with E-state index in [-0.39, 0.29) is 18.4 Å². The Morgan fingerprint density at radius 2 is 1.90 bits per heavy atom. The van der Waals surface area contributed by atoms with Crippen LogP contribution in [-0.2, 0) is 14.3 Å². The lowest BCUT2D eigenvalue weighted by Crippen LogP contribution is -2.29. The maximum absolute atomic E-state index is 11.7. The topological polar surface area (TPSA) is 79.5 Å². The fraction of sp³-hybridized carbons (Fsp3) is 0.429. The van der Waals surface area contributed by atoms with Gasteiger partial charge in [0.05, 0.1) is 6.54 Å². The molecule has 1 rings (SSSR count). The molecule has 0 aliphatic heterocycles. The second kappa shape index (κ2) is 9.06. The van der Waals surface area contributed by atoms with Crippen LogP contribution in [0.15, 0.2) is 24.3 Å². The van der Waals surface area contributed by atoms with Crippen LogP contribution in [-0.4, -0.2) is 38.6 Å². The van der Waals surface area contributed by atoms with Gasteiger partial charge in [-0.05, 0) is 31.2 Å². The van der Waals surface area contributed by atoms with E-state index in [1.807, 2.05) is 0 Å². The number of amides is 2. The van der Waals surface area contributed by atoms with E-state index >= 15 is 0 Å². The molecule has 0 heterocycles. The summed E-state index contributed by atoms with van der Waals surface area (Å²) in [5, 5.41) is 8.45. The predicted octanol–water partition coefficient (Wildman–Crippen LogP) is 1.21. The van der Waals surface area contributed by atoms with Gasteiger partial charge in [0.15, 0.2) is 0 Å². The van der Waals surface area contributed by atoms with E-state index in [2.05, 4.69) is 16.0 Å². The van der Waals surface area contributed by atoms with E-state index in [1.54, 1.807) is 31.4 Å². The Morgan fingerprint density at radius 1 is 1.20 bits per heavy atom. The Labute approximate surface area is 118 Å². The number of nitrogens with one attached hydrogen (secondary N) is 3. The van der Waals surface area contributed by atoms with Crippen molar-refractivity contribution in [3.8, 4) is 0 Å². The summed E-state index contributed by atoms with van der Waals surface area (Å²) >= 11 is 0. The van der Waals surface area contributed by atoms with Gasteiger partial charge in [-0.3, -0.25) is 9.59 Å². The Kier molecular flexibility index (Phi) is 7.31. The molecule has 1 aromatic carbocycles. The van der Waals surface area contributed by atoms with Crippen LogP contribution >= 0.6 is 0 Å². The van der Waals surface area contributed by atoms with E-state index in [1.165, 1.54) is 6.92 Å². The van der Waals surface area contributed by atoms with Gasteiger partial charge in [0.25, 0.3) is 0 Å². The third-order valence-electron chi connectivity index (χ3n) is 2.45. The quantitative estimate of drug-likeness (QED) is 0.625. The molecule has 0 aliphatic rings. The van der Waals surface area contributed by atoms with Gasteiger partial charge >= 0.3 is 0 Å². The lowest BCUT2D eigenvalue weighted by Gasteiger charge is -2.08. The first-order chi connectivity index (χ1) is 9.61. The molecule has 0 aromatic heterocycles. The highest BCUT2D eigenvalue weighted by atomic mass is 16.5. The molecule has 6 heteroatoms. The first-order valence-electron chi connectivity index (χ1n) is 6.49. The summed E-state index contributed by atoms with van der Waals surface area (Å²) in [7, 11) is 1.65. The SMILES string of the molecule is COCCCNCC(=O)Nc1cccc(NC(C)=O)c1. The third kappa shape index (κ3) is 6.86. The minimum atomic E-state index is -0.145. The van der Waals surface area contributed by atoms with Gasteiger partial charge < -0.3 is 20.7 Å². The Balaban J connectivity index is 2.36. The van der Waals surface area contributed by atoms with Crippen LogP contribution in [0.2, 0.25) is 0 Å². The standard InChI is InChI=1S/C14H21N3O3/c1-11(18)16-12-5-3-6-13(9-12)17-14(19)10-15-7-4-8-20-2/h3,5-6,9,15H,4,7-8,10H2,1-2H3,(H,16,18)(H,17,19). The summed E-state index contributed by atoms with van der Waals surface area (Å²) in [5.41, 5.74) is 1.31. The van der Waals surface area contributed by atoms with Crippen LogP contribution in [0.5, 0.6) is 0 Å². The maximum Gasteiger partial charge on any atom is 0.238 e. The highest BCUT2D eigenvalue weighted by Crippen LogP contribution is 2.14. The van der Waals surface area contributed by atoms with Crippen molar-refractivity contribution in [2.75, 3.05) is 37.4 Å². The average Bonchev–Trinajstić information content (AvgIpc) is 2.38. The zero-order chi connectivity index (χ0) is 14.8. The summed E-state index contributed by atoms with van der Waals surface area (Å²) in [6.45, 7) is 3.09. The summed E-state index contributed by atoms with van der Waals surface area (Å²) in [6.07, 6.45) is 0.863. The normalized spacial score (nSPS) is 10.1. The Morgan fingerprint density at radius 3 is 2.55 bits per heavy atom. The highest BCUT2D eigenvalue weighted by Gasteiger charge is 2.03. The summed E-state index contributed by atoms with van der Waals surface area (Å²) in [4.78, 5) is 22.6. The second-order valence-electron chi connectivity index (χ2n) is 4.33. The van der Waals surface area contributed by atoms with E-state index < -0.39 is 0 Å². The number of ether oxygens (including phenoxy) is 1. The number of carbonyl (C=O) groups excluding carboxylic acids is 2. The van der Waals surface area contributed by atoms with E-state index in [0.717, 1.165) is 13.0 Å². The molecular formula is C14H21N3O3. The largest absolute Gasteiger partial charge is 0.385 e. The van der Waals surface area contributed by atoms with Gasteiger partial charge in [0.1, 0.15) is 0 Å². The first-order valence-corrected chi connectivity index (χ1v) is 6.49. The van der Waals surface area contributed by atoms with Crippen molar-refractivity contribution < 1.29 is 14.3 Å². The Bertz CT molecular complexity index is 449. The fourth-order valence-corrected chi connectivity index (χ4v) is 1.63. The molecule has 6 nitrogen and oxygen atoms in total. The number of rotatable bonds is 8. The molecule has 0 atom stereocenters. The molecule has 20 heavy (non-hydrogen) atoms. The molecule has 2 amide bonds. The number of hydrogen-bond donors (Lipinski definition) is 3. The molecule has 0 fully saturated rings. The molecule has 0 unspecified atom stereocenters. The van der Waals surface area contributed by atoms with Crippen LogP contribution in [0.1, 0.15) is 13.3 Å². The lowest BCUT2D eigenvalue weighted by atomic mass is 10.2. The molecule has 0 bridgehead atoms. The number of methoxy groups -OCH3 is 1. The molecule has 0 radical (unpaired) electrons. The van der Waals surface area contributed by atoms with Crippen molar-refractivity contribution in [1.29, 1.82) is 0 Å². The predicted molar refractivity (Wildman–Crippen MR) is 78.7 cm³/mol. The van der Waals surface area contributed by atoms with Gasteiger partial charge in [-0.1, -0.05) is 6.07 Å². The van der Waals surface area contributed by atoms with Crippen molar-refractivity contribution in [1.82, 2.24) is 5.32 Å². The number of carbonyl (C=O) groups is 2. The molecule has 0 spiro atoms. The van der Waals surface area contributed by atoms with Gasteiger partial charge in [0, 0.05) is 32.0 Å². The molecule has 3 N–H and O–H groups in total. The zero-order valence-electron chi connectivity index (χ0n) is 11.9. The minimum Gasteiger partial charge on any atom is -0.385 e. The number of benzene rings is 1. The molecule has 110 valence electrons. The molecule has 0 aliphatic carbocycles. The minimum absolute atomic E-state index is 0.123. The van der Waals surface area contributed by atoms with Crippen molar-refractivity contribution in [2.24, 2.45) is 0 Å². The van der Waals surface area contributed by atoms with Crippen molar-refractivity contribution in [3.05, 3.63) is 24.3 Å². The molecular weight excluding hydrogens is 258 g/mol. The monoisotopic (exact) mass is 279 g/mol. The maximum atomic E-state index is 11.7. The smallest absolute Gasteiger partial charge is 0.238 e. The Hall–Kier alpha value is -1.92. The van der Waals surface area contributed by atoms with Crippen LogP contribution in [0.3, 0.4) is 0 Å². The van der Waals surface area contributed by atoms with Crippen LogP contribution < -0.4 is 16.0 Å². The van der Waals surface area contributed by atoms with Crippen LogP contribution in [0.25, 0.3) is 0 Å². The molecule has 1 aromatic rings. The summed E-state index contributed by atoms with van der Waals surface area (Å²) in [5.74, 6) is -0.268. The second-order valence-corrected chi connectivity index (χ2v) is 4.33. The van der Waals surface area contributed by atoms with Gasteiger partial charge in [0.2, 0.25) is 11.8 Å². The lowest BCUT2D eigenvalue weighted by molar-refractivity contribution is -0.115. The van der Waals surface area contributed by atoms with E-state index in [0.29, 0.717) is 18.0 Å². The summed E-state index contributed by atoms with van der Waals surface area (Å²) in [6, 6.07) is 7.02. The van der Waals surface area contributed by atoms with Crippen molar-refractivity contribution >= 4 is 23.2 Å². The van der Waals surface area contributed by atoms with E-state index in [9.17, 15) is 9.59 Å². The molecule has 0 saturated carbocycles. The highest BCUT2D eigenvalue weighted by molar-refractivity contribution is 5.94. The fourth-order valence-electron chi connectivity index (χ4n) is 1.63. The number of hydrogen-bond acceptors (Lipinski definition) is 4. The third-order valence-corrected chi connectivity index (χ3v) is 2.45. The average molecular weight is 279 g/mol. The van der Waals surface area contributed by atoms with Crippen molar-refractivity contribution in [3.63, 3.8) is 0 Å². The van der Waals surface area contributed by atoms with Gasteiger partial charge in [-0.2, -0.15) is 0 Å². The zero-order valence-corrected chi connectivity index (χ0v) is 11.9. The first kappa shape index (κ1) is 16.1. The molecule has 0 saturated heterocycles. The van der Waals surface area contributed by atoms with Gasteiger partial charge in [-0.15, -0.1) is 0 Å². The van der Waals surface area contributed by atoms with Gasteiger partial charge in [-0.25, -0.2) is 0 Å². The summed E-state index contributed by atoms with van der Waals surface area (Å²) < 4.78 is 4.91. The van der Waals surface area contributed by atoms with Crippen LogP contribution in [0, 0.1) is 0 Å². The van der Waals surface area contributed by atoms with Crippen molar-refractivity contribution in [2.45, 2.75) is 13.3 Å². The van der Waals surface area contributed by atoms with E-state index in [4.69, 9.17) is 4.74 Å². The van der Waals surface area contributed by atoms with Crippen LogP contribution in [0.4, 0.5) is 11.4 Å². The number of anilines is 2.